The summed E-state index contributed by atoms with van der Waals surface area (Å²) in [5.74, 6) is 0.835. The van der Waals surface area contributed by atoms with Crippen molar-refractivity contribution in [3.05, 3.63) is 64.7 Å². The van der Waals surface area contributed by atoms with Crippen LogP contribution < -0.4 is 10.6 Å². The van der Waals surface area contributed by atoms with Crippen LogP contribution >= 0.6 is 11.8 Å². The van der Waals surface area contributed by atoms with Crippen LogP contribution in [0.15, 0.2) is 52.4 Å². The van der Waals surface area contributed by atoms with Crippen molar-refractivity contribution in [3.63, 3.8) is 0 Å². The van der Waals surface area contributed by atoms with Crippen LogP contribution in [0.3, 0.4) is 0 Å². The fourth-order valence-corrected chi connectivity index (χ4v) is 4.19. The van der Waals surface area contributed by atoms with Gasteiger partial charge in [0.05, 0.1) is 19.3 Å². The van der Waals surface area contributed by atoms with E-state index in [9.17, 15) is 0 Å². The van der Waals surface area contributed by atoms with E-state index in [2.05, 4.69) is 73.2 Å². The molecule has 1 aliphatic heterocycles. The van der Waals surface area contributed by atoms with Gasteiger partial charge in [-0.05, 0) is 61.3 Å². The summed E-state index contributed by atoms with van der Waals surface area (Å²) >= 11 is 1.78. The Morgan fingerprint density at radius 3 is 2.55 bits per heavy atom. The fraction of sp³-hybridized carbons (Fsp3) is 0.480. The molecule has 0 amide bonds. The summed E-state index contributed by atoms with van der Waals surface area (Å²) in [5, 5.41) is 6.81. The Bertz CT molecular complexity index is 833. The molecule has 2 N–H and O–H groups in total. The zero-order chi connectivity index (χ0) is 21.9. The average Bonchev–Trinajstić information content (AvgIpc) is 2.81. The summed E-state index contributed by atoms with van der Waals surface area (Å²) in [7, 11) is 0. The maximum absolute atomic E-state index is 6.01. The molecule has 1 saturated heterocycles. The van der Waals surface area contributed by atoms with E-state index in [1.54, 1.807) is 11.8 Å². The lowest BCUT2D eigenvalue weighted by atomic mass is 10.1. The van der Waals surface area contributed by atoms with Crippen molar-refractivity contribution in [3.8, 4) is 0 Å². The van der Waals surface area contributed by atoms with E-state index in [-0.39, 0.29) is 0 Å². The normalized spacial score (nSPS) is 15.1. The molecule has 0 unspecified atom stereocenters. The molecule has 0 aromatic heterocycles. The van der Waals surface area contributed by atoms with Crippen LogP contribution in [0.2, 0.25) is 0 Å². The van der Waals surface area contributed by atoms with Crippen LogP contribution in [0.1, 0.15) is 42.0 Å². The minimum atomic E-state index is 0.326. The Labute approximate surface area is 191 Å². The van der Waals surface area contributed by atoms with Gasteiger partial charge in [-0.1, -0.05) is 36.4 Å². The number of nitrogens with one attached hydrogen (secondary N) is 2. The molecule has 5 nitrogen and oxygen atoms in total. The summed E-state index contributed by atoms with van der Waals surface area (Å²) in [5.41, 5.74) is 4.97. The van der Waals surface area contributed by atoms with Crippen molar-refractivity contribution in [1.82, 2.24) is 10.6 Å². The van der Waals surface area contributed by atoms with E-state index >= 15 is 0 Å². The van der Waals surface area contributed by atoms with E-state index in [4.69, 9.17) is 14.5 Å². The zero-order valence-corrected chi connectivity index (χ0v) is 19.8. The van der Waals surface area contributed by atoms with E-state index in [0.717, 1.165) is 45.1 Å². The van der Waals surface area contributed by atoms with Gasteiger partial charge in [0.1, 0.15) is 0 Å². The number of guanidine groups is 1. The molecule has 3 rings (SSSR count). The van der Waals surface area contributed by atoms with Crippen LogP contribution in [0.4, 0.5) is 0 Å². The standard InChI is InChI=1S/C25H35N3O2S/c1-4-26-25(28-17-22-10-5-19(2)15-24(22)31-3)27-16-20-6-8-21(9-7-20)18-30-23-11-13-29-14-12-23/h5-10,15,23H,4,11-14,16-18H2,1-3H3,(H2,26,27,28). The van der Waals surface area contributed by atoms with Gasteiger partial charge in [-0.3, -0.25) is 0 Å². The van der Waals surface area contributed by atoms with Gasteiger partial charge in [0, 0.05) is 31.2 Å². The number of aliphatic imine (C=N–C) groups is 1. The van der Waals surface area contributed by atoms with Crippen LogP contribution in [0.25, 0.3) is 0 Å². The molecule has 0 saturated carbocycles. The number of thioether (sulfide) groups is 1. The number of aryl methyl sites for hydroxylation is 1. The van der Waals surface area contributed by atoms with Crippen LogP contribution in [0, 0.1) is 6.92 Å². The number of benzene rings is 2. The number of ether oxygens (including phenoxy) is 2. The van der Waals surface area contributed by atoms with Gasteiger partial charge in [0.2, 0.25) is 0 Å². The smallest absolute Gasteiger partial charge is 0.191 e. The predicted molar refractivity (Wildman–Crippen MR) is 130 cm³/mol. The maximum atomic E-state index is 6.01. The van der Waals surface area contributed by atoms with Crippen LogP contribution in [-0.2, 0) is 29.2 Å². The van der Waals surface area contributed by atoms with E-state index < -0.39 is 0 Å². The number of nitrogens with zero attached hydrogens (tertiary/aromatic N) is 1. The third kappa shape index (κ3) is 7.87. The second-order valence-electron chi connectivity index (χ2n) is 7.80. The molecule has 6 heteroatoms. The van der Waals surface area contributed by atoms with E-state index in [1.165, 1.54) is 27.1 Å². The van der Waals surface area contributed by atoms with Gasteiger partial charge in [-0.25, -0.2) is 4.99 Å². The quantitative estimate of drug-likeness (QED) is 0.337. The van der Waals surface area contributed by atoms with Gasteiger partial charge in [-0.2, -0.15) is 0 Å². The molecule has 31 heavy (non-hydrogen) atoms. The monoisotopic (exact) mass is 441 g/mol. The number of rotatable bonds is 9. The van der Waals surface area contributed by atoms with Crippen molar-refractivity contribution in [1.29, 1.82) is 0 Å². The second-order valence-corrected chi connectivity index (χ2v) is 8.65. The lowest BCUT2D eigenvalue weighted by Crippen LogP contribution is -2.36. The Hall–Kier alpha value is -2.02. The van der Waals surface area contributed by atoms with Gasteiger partial charge >= 0.3 is 0 Å². The summed E-state index contributed by atoms with van der Waals surface area (Å²) in [6, 6.07) is 15.2. The third-order valence-electron chi connectivity index (χ3n) is 5.33. The van der Waals surface area contributed by atoms with Gasteiger partial charge in [-0.15, -0.1) is 11.8 Å². The highest BCUT2D eigenvalue weighted by Gasteiger charge is 2.13. The minimum absolute atomic E-state index is 0.326. The van der Waals surface area contributed by atoms with E-state index in [1.807, 2.05) is 0 Å². The van der Waals surface area contributed by atoms with Crippen molar-refractivity contribution >= 4 is 17.7 Å². The highest BCUT2D eigenvalue weighted by Crippen LogP contribution is 2.21. The van der Waals surface area contributed by atoms with Crippen molar-refractivity contribution in [2.45, 2.75) is 57.4 Å². The molecule has 2 aromatic carbocycles. The van der Waals surface area contributed by atoms with Crippen molar-refractivity contribution in [2.75, 3.05) is 26.0 Å². The van der Waals surface area contributed by atoms with Crippen LogP contribution in [-0.4, -0.2) is 38.1 Å². The molecule has 168 valence electrons. The molecular formula is C25H35N3O2S. The van der Waals surface area contributed by atoms with Gasteiger partial charge < -0.3 is 20.1 Å². The van der Waals surface area contributed by atoms with Crippen LogP contribution in [0.5, 0.6) is 0 Å². The second kappa shape index (κ2) is 12.7. The molecule has 0 atom stereocenters. The molecule has 0 radical (unpaired) electrons. The maximum Gasteiger partial charge on any atom is 0.191 e. The highest BCUT2D eigenvalue weighted by atomic mass is 32.2. The minimum Gasteiger partial charge on any atom is -0.381 e. The average molecular weight is 442 g/mol. The topological polar surface area (TPSA) is 54.9 Å². The molecular weight excluding hydrogens is 406 g/mol. The molecule has 1 heterocycles. The summed E-state index contributed by atoms with van der Waals surface area (Å²) in [6.45, 7) is 8.72. The molecule has 0 aliphatic carbocycles. The predicted octanol–water partition coefficient (Wildman–Crippen LogP) is 4.67. The Balaban J connectivity index is 1.52. The molecule has 1 aliphatic rings. The molecule has 0 spiro atoms. The third-order valence-corrected chi connectivity index (χ3v) is 6.15. The molecule has 2 aromatic rings. The summed E-state index contributed by atoms with van der Waals surface area (Å²) in [6.07, 6.45) is 4.43. The largest absolute Gasteiger partial charge is 0.381 e. The molecule has 1 fully saturated rings. The highest BCUT2D eigenvalue weighted by molar-refractivity contribution is 7.98. The van der Waals surface area contributed by atoms with Crippen molar-refractivity contribution in [2.24, 2.45) is 4.99 Å². The fourth-order valence-electron chi connectivity index (χ4n) is 3.49. The first-order valence-electron chi connectivity index (χ1n) is 11.1. The molecule has 0 bridgehead atoms. The van der Waals surface area contributed by atoms with Gasteiger partial charge in [0.25, 0.3) is 0 Å². The summed E-state index contributed by atoms with van der Waals surface area (Å²) < 4.78 is 11.4. The Morgan fingerprint density at radius 2 is 1.84 bits per heavy atom. The summed E-state index contributed by atoms with van der Waals surface area (Å²) in [4.78, 5) is 6.07. The Kier molecular flexibility index (Phi) is 9.72. The van der Waals surface area contributed by atoms with E-state index in [0.29, 0.717) is 19.3 Å². The first-order chi connectivity index (χ1) is 15.2. The first-order valence-corrected chi connectivity index (χ1v) is 12.3. The Morgan fingerprint density at radius 1 is 1.10 bits per heavy atom. The number of hydrogen-bond donors (Lipinski definition) is 2. The lowest BCUT2D eigenvalue weighted by molar-refractivity contribution is -0.0390. The van der Waals surface area contributed by atoms with Gasteiger partial charge in [0.15, 0.2) is 5.96 Å². The number of hydrogen-bond acceptors (Lipinski definition) is 4. The zero-order valence-electron chi connectivity index (χ0n) is 18.9. The first kappa shape index (κ1) is 23.6. The van der Waals surface area contributed by atoms with Crippen molar-refractivity contribution < 1.29 is 9.47 Å². The lowest BCUT2D eigenvalue weighted by Gasteiger charge is -2.22. The SMILES string of the molecule is CCNC(=NCc1ccc(COC2CCOCC2)cc1)NCc1ccc(C)cc1SC.